The molecule has 0 bridgehead atoms. The Hall–Kier alpha value is -2.70. The minimum Gasteiger partial charge on any atom is -0.478 e. The van der Waals surface area contributed by atoms with E-state index >= 15 is 0 Å². The molecule has 0 saturated carbocycles. The van der Waals surface area contributed by atoms with Crippen molar-refractivity contribution in [2.75, 3.05) is 11.4 Å². The molecule has 1 aromatic heterocycles. The Bertz CT molecular complexity index is 682. The number of rotatable bonds is 3. The number of benzene rings is 1. The summed E-state index contributed by atoms with van der Waals surface area (Å²) in [5.74, 6) is -1.08. The van der Waals surface area contributed by atoms with E-state index in [0.29, 0.717) is 18.7 Å². The van der Waals surface area contributed by atoms with E-state index in [1.807, 2.05) is 0 Å². The van der Waals surface area contributed by atoms with E-state index < -0.39 is 5.97 Å². The molecule has 0 saturated heterocycles. The quantitative estimate of drug-likeness (QED) is 0.907. The van der Waals surface area contributed by atoms with Crippen LogP contribution >= 0.6 is 0 Å². The number of fused-ring (bicyclic) bond motifs is 1. The first kappa shape index (κ1) is 13.3. The lowest BCUT2D eigenvalue weighted by molar-refractivity contribution is -0.119. The smallest absolute Gasteiger partial charge is 0.336 e. The molecule has 2 aromatic rings. The highest BCUT2D eigenvalue weighted by molar-refractivity contribution is 5.98. The summed E-state index contributed by atoms with van der Waals surface area (Å²) in [4.78, 5) is 25.3. The largest absolute Gasteiger partial charge is 0.478 e. The molecular weight excluding hydrogens is 272 g/mol. The predicted molar refractivity (Wildman–Crippen MR) is 74.1 cm³/mol. The number of aromatic nitrogens is 3. The molecule has 0 atom stereocenters. The van der Waals surface area contributed by atoms with Gasteiger partial charge in [-0.2, -0.15) is 0 Å². The maximum absolute atomic E-state index is 12.4. The molecular formula is C14H14N4O3. The zero-order chi connectivity index (χ0) is 14.8. The van der Waals surface area contributed by atoms with Crippen molar-refractivity contribution in [3.8, 4) is 0 Å². The lowest BCUT2D eigenvalue weighted by atomic mass is 9.96. The third-order valence-corrected chi connectivity index (χ3v) is 3.55. The molecule has 0 radical (unpaired) electrons. The number of anilines is 1. The zero-order valence-electron chi connectivity index (χ0n) is 11.3. The molecule has 1 aliphatic heterocycles. The fraction of sp³-hybridized carbons (Fsp3) is 0.286. The number of carbonyl (C=O) groups excluding carboxylic acids is 1. The van der Waals surface area contributed by atoms with Crippen molar-refractivity contribution in [2.24, 2.45) is 0 Å². The summed E-state index contributed by atoms with van der Waals surface area (Å²) in [7, 11) is 0. The maximum atomic E-state index is 12.4. The van der Waals surface area contributed by atoms with Gasteiger partial charge in [-0.15, -0.1) is 5.10 Å². The van der Waals surface area contributed by atoms with Crippen molar-refractivity contribution in [1.82, 2.24) is 15.0 Å². The minimum absolute atomic E-state index is 0.0940. The van der Waals surface area contributed by atoms with Gasteiger partial charge in [0.1, 0.15) is 6.54 Å². The molecule has 1 aliphatic rings. The van der Waals surface area contributed by atoms with Gasteiger partial charge in [0.15, 0.2) is 0 Å². The Labute approximate surface area is 120 Å². The van der Waals surface area contributed by atoms with Gasteiger partial charge in [0, 0.05) is 18.4 Å². The van der Waals surface area contributed by atoms with Crippen molar-refractivity contribution in [3.05, 3.63) is 41.7 Å². The van der Waals surface area contributed by atoms with E-state index in [0.717, 1.165) is 12.0 Å². The molecule has 1 N–H and O–H groups in total. The molecule has 0 unspecified atom stereocenters. The van der Waals surface area contributed by atoms with Crippen LogP contribution in [0.5, 0.6) is 0 Å². The Morgan fingerprint density at radius 1 is 1.33 bits per heavy atom. The fourth-order valence-electron chi connectivity index (χ4n) is 2.63. The first-order chi connectivity index (χ1) is 10.2. The van der Waals surface area contributed by atoms with Crippen LogP contribution in [0.1, 0.15) is 22.3 Å². The van der Waals surface area contributed by atoms with Gasteiger partial charge in [-0.3, -0.25) is 4.79 Å². The molecule has 0 spiro atoms. The molecule has 2 heterocycles. The van der Waals surface area contributed by atoms with Crippen LogP contribution in [0.3, 0.4) is 0 Å². The third kappa shape index (κ3) is 2.49. The second kappa shape index (κ2) is 5.35. The molecule has 21 heavy (non-hydrogen) atoms. The first-order valence-corrected chi connectivity index (χ1v) is 6.66. The Balaban J connectivity index is 1.92. The number of carboxylic acid groups (broad SMARTS) is 1. The van der Waals surface area contributed by atoms with Gasteiger partial charge in [0.05, 0.1) is 11.8 Å². The molecule has 108 valence electrons. The van der Waals surface area contributed by atoms with Crippen LogP contribution in [-0.4, -0.2) is 38.5 Å². The van der Waals surface area contributed by atoms with E-state index in [2.05, 4.69) is 10.3 Å². The van der Waals surface area contributed by atoms with Crippen LogP contribution in [0.15, 0.2) is 30.6 Å². The number of hydrogen-bond acceptors (Lipinski definition) is 4. The second-order valence-electron chi connectivity index (χ2n) is 4.86. The van der Waals surface area contributed by atoms with Crippen LogP contribution in [-0.2, 0) is 17.8 Å². The van der Waals surface area contributed by atoms with E-state index in [-0.39, 0.29) is 18.0 Å². The number of aromatic carboxylic acids is 1. The second-order valence-corrected chi connectivity index (χ2v) is 4.86. The zero-order valence-corrected chi connectivity index (χ0v) is 11.3. The van der Waals surface area contributed by atoms with E-state index in [1.165, 1.54) is 10.9 Å². The number of nitrogens with zero attached hydrogens (tertiary/aromatic N) is 4. The van der Waals surface area contributed by atoms with Crippen LogP contribution in [0.25, 0.3) is 0 Å². The summed E-state index contributed by atoms with van der Waals surface area (Å²) in [6.45, 7) is 0.681. The molecule has 1 amide bonds. The molecule has 1 aromatic carbocycles. The fourth-order valence-corrected chi connectivity index (χ4v) is 2.63. The Morgan fingerprint density at radius 3 is 2.90 bits per heavy atom. The van der Waals surface area contributed by atoms with Crippen molar-refractivity contribution < 1.29 is 14.7 Å². The SMILES string of the molecule is O=C(O)c1cccc2c1CCCN2C(=O)Cn1ccnn1. The molecule has 7 nitrogen and oxygen atoms in total. The van der Waals surface area contributed by atoms with Gasteiger partial charge in [0.2, 0.25) is 5.91 Å². The Morgan fingerprint density at radius 2 is 2.19 bits per heavy atom. The van der Waals surface area contributed by atoms with Gasteiger partial charge in [0.25, 0.3) is 0 Å². The van der Waals surface area contributed by atoms with Gasteiger partial charge in [-0.1, -0.05) is 11.3 Å². The average molecular weight is 286 g/mol. The summed E-state index contributed by atoms with van der Waals surface area (Å²) >= 11 is 0. The van der Waals surface area contributed by atoms with Crippen LogP contribution < -0.4 is 4.90 Å². The average Bonchev–Trinajstić information content (AvgIpc) is 2.98. The molecule has 7 heteroatoms. The monoisotopic (exact) mass is 286 g/mol. The van der Waals surface area contributed by atoms with E-state index in [4.69, 9.17) is 0 Å². The lowest BCUT2D eigenvalue weighted by Crippen LogP contribution is -2.38. The highest BCUT2D eigenvalue weighted by Gasteiger charge is 2.26. The van der Waals surface area contributed by atoms with Crippen molar-refractivity contribution in [1.29, 1.82) is 0 Å². The predicted octanol–water partition coefficient (Wildman–Crippen LogP) is 0.956. The molecule has 0 aliphatic carbocycles. The summed E-state index contributed by atoms with van der Waals surface area (Å²) in [6.07, 6.45) is 4.56. The number of carboxylic acids is 1. The maximum Gasteiger partial charge on any atom is 0.336 e. The molecule has 0 fully saturated rings. The highest BCUT2D eigenvalue weighted by atomic mass is 16.4. The summed E-state index contributed by atoms with van der Waals surface area (Å²) < 4.78 is 1.46. The van der Waals surface area contributed by atoms with Gasteiger partial charge in [-0.25, -0.2) is 9.48 Å². The number of amides is 1. The molecule has 3 rings (SSSR count). The van der Waals surface area contributed by atoms with Crippen LogP contribution in [0, 0.1) is 0 Å². The Kier molecular flexibility index (Phi) is 3.39. The normalized spacial score (nSPS) is 13.8. The van der Waals surface area contributed by atoms with E-state index in [1.54, 1.807) is 29.3 Å². The van der Waals surface area contributed by atoms with Crippen molar-refractivity contribution in [2.45, 2.75) is 19.4 Å². The minimum atomic E-state index is -0.961. The third-order valence-electron chi connectivity index (χ3n) is 3.55. The lowest BCUT2D eigenvalue weighted by Gasteiger charge is -2.30. The van der Waals surface area contributed by atoms with Gasteiger partial charge < -0.3 is 10.0 Å². The van der Waals surface area contributed by atoms with Gasteiger partial charge in [-0.05, 0) is 30.5 Å². The number of carbonyl (C=O) groups is 2. The highest BCUT2D eigenvalue weighted by Crippen LogP contribution is 2.30. The van der Waals surface area contributed by atoms with Gasteiger partial charge >= 0.3 is 5.97 Å². The summed E-state index contributed by atoms with van der Waals surface area (Å²) in [5.41, 5.74) is 1.68. The van der Waals surface area contributed by atoms with Crippen LogP contribution in [0.4, 0.5) is 5.69 Å². The standard InChI is InChI=1S/C14H14N4O3/c19-13(9-17-8-6-15-16-17)18-7-2-4-10-11(14(20)21)3-1-5-12(10)18/h1,3,5-6,8H,2,4,7,9H2,(H,20,21). The first-order valence-electron chi connectivity index (χ1n) is 6.66. The van der Waals surface area contributed by atoms with Crippen molar-refractivity contribution in [3.63, 3.8) is 0 Å². The number of hydrogen-bond donors (Lipinski definition) is 1. The van der Waals surface area contributed by atoms with E-state index in [9.17, 15) is 14.7 Å². The van der Waals surface area contributed by atoms with Crippen LogP contribution in [0.2, 0.25) is 0 Å². The topological polar surface area (TPSA) is 88.3 Å². The van der Waals surface area contributed by atoms with Crippen molar-refractivity contribution >= 4 is 17.6 Å². The summed E-state index contributed by atoms with van der Waals surface area (Å²) in [6, 6.07) is 5.04. The summed E-state index contributed by atoms with van der Waals surface area (Å²) in [5, 5.41) is 16.7.